The maximum absolute atomic E-state index is 15.6. The van der Waals surface area contributed by atoms with Crippen LogP contribution in [0.3, 0.4) is 0 Å². The zero-order chi connectivity index (χ0) is 70.0. The van der Waals surface area contributed by atoms with Crippen molar-refractivity contribution >= 4 is 88.7 Å². The number of rotatable bonds is 20. The number of hydrogen-bond donors (Lipinski definition) is 0. The third-order valence-corrected chi connectivity index (χ3v) is 25.0. The van der Waals surface area contributed by atoms with Crippen LogP contribution in [-0.4, -0.2) is 315 Å². The van der Waals surface area contributed by atoms with Gasteiger partial charge in [-0.1, -0.05) is 0 Å². The molecule has 40 nitrogen and oxygen atoms in total. The first-order chi connectivity index (χ1) is 45.9. The Morgan fingerprint density at radius 3 is 0.676 bits per heavy atom. The second kappa shape index (κ2) is 28.1. The summed E-state index contributed by atoms with van der Waals surface area (Å²) in [4.78, 5) is 146. The Bertz CT molecular complexity index is 3900. The standard InChI is InChI=1S/C54H68N16O24S4.4K/c1-51-53(3)67-27-59-41-39-55(43(59)71)25-57-40-42-61(45(57)73)29-69-49(77)65-23-33-34(38(94-16-8-20-98(88,89)90)12-11-37(33)93-15-7-19-97(85,86)87)24-66-50(78)70(54(69,4)52(65,66)2)30-62(42)46(74)58(40)26-56(39)44(72)60(41)28-68(53)48(76)64(51)22-32-31(21-63(51)47(67)75)35(91-13-5-17-95(79,80)81)9-10-36(32)92-14-6-18-96(82,83)84;;;;/h9-12,39-42H,5-8,13-30H2,1-4H3,(H,79,80,81)(H,82,83,84)(H,85,86,87)(H,88,89,90);;;;/q;4*+1/p-4. The molecule has 11 saturated heterocycles. The largest absolute Gasteiger partial charge is 1.00 e. The van der Waals surface area contributed by atoms with E-state index in [2.05, 4.69) is 0 Å². The van der Waals surface area contributed by atoms with Gasteiger partial charge in [0.1, 0.15) is 63.0 Å². The molecule has 16 amide bonds. The zero-order valence-electron chi connectivity index (χ0n) is 56.8. The molecule has 0 N–H and O–H groups in total. The summed E-state index contributed by atoms with van der Waals surface area (Å²) in [6, 6.07) is -0.123. The molecule has 2 aromatic carbocycles. The number of carbonyl (C=O) groups is 8. The Balaban J connectivity index is 0.00000261. The minimum atomic E-state index is -4.64. The first-order valence-corrected chi connectivity index (χ1v) is 37.5. The first-order valence-electron chi connectivity index (χ1n) is 31.2. The maximum Gasteiger partial charge on any atom is 1.00 e. The molecule has 0 saturated carbocycles. The van der Waals surface area contributed by atoms with Crippen LogP contribution in [0.1, 0.15) is 75.6 Å². The average Bonchev–Trinajstić information content (AvgIpc) is 1.50. The predicted molar refractivity (Wildman–Crippen MR) is 317 cm³/mol. The van der Waals surface area contributed by atoms with Crippen molar-refractivity contribution in [2.45, 2.75) is 127 Å². The van der Waals surface area contributed by atoms with E-state index in [1.165, 1.54) is 103 Å². The van der Waals surface area contributed by atoms with Gasteiger partial charge in [0.25, 0.3) is 0 Å². The SMILES string of the molecule is CC12N3Cc4c(OCCCS(=O)(=O)[O-])ccc(OCCCS(=O)(=O)[O-])c4CN1C(=O)N1CN4C(=O)N5CN6C(=O)N7CN8C(=O)N9Cc%10c(OCCCS(=O)(=O)[O-])ccc(OCCCS(=O)(=O)[O-])c%10CN%10C(=O)N(CN%11C(=O)N(CN%12C(=O)N(CN(C3=O)C12C)C4C%125)C6C%117)C8(C)C%109C.[K+].[K+].[K+].[K+]. The summed E-state index contributed by atoms with van der Waals surface area (Å²) in [6.45, 7) is 0.547. The molecule has 0 bridgehead atoms. The van der Waals surface area contributed by atoms with Gasteiger partial charge < -0.3 is 37.2 Å². The number of benzene rings is 2. The van der Waals surface area contributed by atoms with E-state index in [9.17, 15) is 51.9 Å². The molecule has 13 heterocycles. The molecule has 0 unspecified atom stereocenters. The number of nitrogens with zero attached hydrogens (tertiary/aromatic N) is 16. The van der Waals surface area contributed by atoms with Crippen LogP contribution in [0.2, 0.25) is 0 Å². The predicted octanol–water partition coefficient (Wildman–Crippen LogP) is -13.5. The fourth-order valence-corrected chi connectivity index (χ4v) is 18.7. The van der Waals surface area contributed by atoms with Crippen LogP contribution < -0.4 is 224 Å². The average molecular weight is 1610 g/mol. The van der Waals surface area contributed by atoms with Crippen molar-refractivity contribution in [1.82, 2.24) is 78.4 Å². The monoisotopic (exact) mass is 1600 g/mol. The summed E-state index contributed by atoms with van der Waals surface area (Å²) < 4.78 is 163. The topological polar surface area (TPSA) is 454 Å². The van der Waals surface area contributed by atoms with Crippen LogP contribution >= 0.6 is 0 Å². The third kappa shape index (κ3) is 12.3. The van der Waals surface area contributed by atoms with E-state index in [4.69, 9.17) is 18.9 Å². The van der Waals surface area contributed by atoms with Crippen LogP contribution in [-0.2, 0) is 66.7 Å². The summed E-state index contributed by atoms with van der Waals surface area (Å²) in [5.41, 5.74) is -5.75. The van der Waals surface area contributed by atoms with E-state index in [0.717, 1.165) is 0 Å². The summed E-state index contributed by atoms with van der Waals surface area (Å²) in [5.74, 6) is -2.61. The van der Waals surface area contributed by atoms with Gasteiger partial charge >= 0.3 is 254 Å². The van der Waals surface area contributed by atoms with Gasteiger partial charge in [-0.3, -0.25) is 78.4 Å². The molecule has 0 aliphatic carbocycles. The molecule has 11 fully saturated rings. The summed E-state index contributed by atoms with van der Waals surface area (Å²) >= 11 is 0. The Morgan fingerprint density at radius 2 is 0.490 bits per heavy atom. The molecule has 13 aliphatic rings. The van der Waals surface area contributed by atoms with Crippen molar-refractivity contribution in [2.24, 2.45) is 0 Å². The third-order valence-electron chi connectivity index (χ3n) is 21.8. The second-order valence-corrected chi connectivity index (χ2v) is 32.6. The molecule has 532 valence electrons. The van der Waals surface area contributed by atoms with Crippen molar-refractivity contribution < 1.29 is 315 Å². The molecule has 48 heteroatoms. The van der Waals surface area contributed by atoms with Gasteiger partial charge in [0, 0.05) is 45.3 Å². The first kappa shape index (κ1) is 81.0. The Morgan fingerprint density at radius 1 is 0.314 bits per heavy atom. The fourth-order valence-electron chi connectivity index (χ4n) is 16.8. The smallest absolute Gasteiger partial charge is 0.748 e. The van der Waals surface area contributed by atoms with Crippen LogP contribution in [0.5, 0.6) is 23.0 Å². The normalized spacial score (nSPS) is 28.5. The van der Waals surface area contributed by atoms with Gasteiger partial charge in [-0.05, 0) is 77.6 Å². The molecular weight excluding hydrogens is 1540 g/mol. The second-order valence-electron chi connectivity index (χ2n) is 26.6. The van der Waals surface area contributed by atoms with E-state index >= 15 is 38.4 Å². The Hall–Kier alpha value is -2.01. The summed E-state index contributed by atoms with van der Waals surface area (Å²) in [6.07, 6.45) is -6.13. The Labute approximate surface area is 755 Å². The Kier molecular flexibility index (Phi) is 22.3. The molecule has 2 aromatic rings. The maximum atomic E-state index is 15.6. The summed E-state index contributed by atoms with van der Waals surface area (Å²) in [5, 5.41) is 0. The van der Waals surface area contributed by atoms with E-state index in [-0.39, 0.29) is 329 Å². The van der Waals surface area contributed by atoms with Gasteiger partial charge in [0.2, 0.25) is 0 Å². The van der Waals surface area contributed by atoms with Crippen LogP contribution in [0.15, 0.2) is 24.3 Å². The number of fused-ring (bicyclic) bond motifs is 2. The molecule has 0 spiro atoms. The molecule has 0 radical (unpaired) electrons. The summed E-state index contributed by atoms with van der Waals surface area (Å²) in [7, 11) is -18.6. The van der Waals surface area contributed by atoms with Crippen molar-refractivity contribution in [2.75, 3.05) is 89.5 Å². The van der Waals surface area contributed by atoms with Gasteiger partial charge in [0.05, 0.1) is 93.1 Å². The zero-order valence-corrected chi connectivity index (χ0v) is 72.5. The van der Waals surface area contributed by atoms with E-state index in [1.54, 1.807) is 27.7 Å². The van der Waals surface area contributed by atoms with Gasteiger partial charge in [0.15, 0.2) is 47.3 Å². The van der Waals surface area contributed by atoms with E-state index < -0.39 is 199 Å². The number of urea groups is 8. The van der Waals surface area contributed by atoms with Gasteiger partial charge in [-0.15, -0.1) is 0 Å². The number of amides is 16. The minimum absolute atomic E-state index is 0. The molecule has 13 aliphatic heterocycles. The van der Waals surface area contributed by atoms with Crippen LogP contribution in [0.4, 0.5) is 38.4 Å². The van der Waals surface area contributed by atoms with E-state index in [1.807, 2.05) is 0 Å². The molecular formula is C54H64K4N16O24S4. The van der Waals surface area contributed by atoms with Crippen molar-refractivity contribution in [1.29, 1.82) is 0 Å². The number of carbonyl (C=O) groups excluding carboxylic acids is 8. The fraction of sp³-hybridized carbons (Fsp3) is 0.630. The van der Waals surface area contributed by atoms with Crippen LogP contribution in [0.25, 0.3) is 0 Å². The molecule has 0 atom stereocenters. The molecule has 102 heavy (non-hydrogen) atoms. The molecule has 15 rings (SSSR count). The van der Waals surface area contributed by atoms with Gasteiger partial charge in [-0.2, -0.15) is 0 Å². The quantitative estimate of drug-likeness (QED) is 0.0675. The van der Waals surface area contributed by atoms with Crippen molar-refractivity contribution in [3.8, 4) is 23.0 Å². The minimum Gasteiger partial charge on any atom is -0.748 e. The van der Waals surface area contributed by atoms with Crippen molar-refractivity contribution in [3.05, 3.63) is 46.5 Å². The van der Waals surface area contributed by atoms with Crippen molar-refractivity contribution in [3.63, 3.8) is 0 Å². The van der Waals surface area contributed by atoms with Gasteiger partial charge in [-0.25, -0.2) is 72.0 Å². The van der Waals surface area contributed by atoms with Crippen LogP contribution in [0, 0.1) is 0 Å². The number of ether oxygens (including phenoxy) is 4. The van der Waals surface area contributed by atoms with E-state index in [0.29, 0.717) is 0 Å². The molecule has 0 aromatic heterocycles. The number of hydrogen-bond acceptors (Lipinski definition) is 24.